The van der Waals surface area contributed by atoms with E-state index in [0.717, 1.165) is 5.75 Å². The predicted octanol–water partition coefficient (Wildman–Crippen LogP) is 1.62. The van der Waals surface area contributed by atoms with Crippen molar-refractivity contribution in [1.29, 1.82) is 0 Å². The van der Waals surface area contributed by atoms with Crippen LogP contribution in [-0.4, -0.2) is 33.9 Å². The maximum atomic E-state index is 11.9. The number of carbonyl (C=O) groups is 1. The SMILES string of the molecule is Cc1n[nH]c(C(=O)NC(C)COc2ccccc2)c1O. The Morgan fingerprint density at radius 3 is 2.75 bits per heavy atom. The molecule has 6 heteroatoms. The van der Waals surface area contributed by atoms with Crippen LogP contribution in [0.25, 0.3) is 0 Å². The second kappa shape index (κ2) is 6.10. The molecule has 106 valence electrons. The third-order valence-corrected chi connectivity index (χ3v) is 2.76. The van der Waals surface area contributed by atoms with Crippen LogP contribution in [0.3, 0.4) is 0 Å². The molecule has 0 bridgehead atoms. The first kappa shape index (κ1) is 13.9. The smallest absolute Gasteiger partial charge is 0.273 e. The molecule has 0 radical (unpaired) electrons. The molecule has 1 aromatic heterocycles. The molecule has 0 fully saturated rings. The van der Waals surface area contributed by atoms with Crippen molar-refractivity contribution in [3.8, 4) is 11.5 Å². The Labute approximate surface area is 116 Å². The van der Waals surface area contributed by atoms with Gasteiger partial charge in [0.2, 0.25) is 0 Å². The van der Waals surface area contributed by atoms with E-state index in [9.17, 15) is 9.90 Å². The van der Waals surface area contributed by atoms with Crippen molar-refractivity contribution in [2.75, 3.05) is 6.61 Å². The molecule has 3 N–H and O–H groups in total. The molecular formula is C14H17N3O3. The number of ether oxygens (including phenoxy) is 1. The number of hydrogen-bond acceptors (Lipinski definition) is 4. The van der Waals surface area contributed by atoms with E-state index in [-0.39, 0.29) is 17.5 Å². The van der Waals surface area contributed by atoms with Crippen molar-refractivity contribution >= 4 is 5.91 Å². The summed E-state index contributed by atoms with van der Waals surface area (Å²) in [5, 5.41) is 18.6. The lowest BCUT2D eigenvalue weighted by molar-refractivity contribution is 0.0919. The highest BCUT2D eigenvalue weighted by Gasteiger charge is 2.18. The summed E-state index contributed by atoms with van der Waals surface area (Å²) < 4.78 is 5.54. The number of rotatable bonds is 5. The molecule has 2 rings (SSSR count). The van der Waals surface area contributed by atoms with Crippen molar-refractivity contribution < 1.29 is 14.6 Å². The Morgan fingerprint density at radius 2 is 2.15 bits per heavy atom. The minimum atomic E-state index is -0.410. The van der Waals surface area contributed by atoms with E-state index in [2.05, 4.69) is 15.5 Å². The fourth-order valence-corrected chi connectivity index (χ4v) is 1.66. The molecule has 2 aromatic rings. The molecule has 0 spiro atoms. The zero-order chi connectivity index (χ0) is 14.5. The standard InChI is InChI=1S/C14H17N3O3/c1-9(8-20-11-6-4-3-5-7-11)15-14(19)12-13(18)10(2)16-17-12/h3-7,9,18H,8H2,1-2H3,(H,15,19)(H,16,17). The molecule has 0 saturated carbocycles. The predicted molar refractivity (Wildman–Crippen MR) is 73.9 cm³/mol. The first-order valence-electron chi connectivity index (χ1n) is 6.30. The number of aryl methyl sites for hydroxylation is 1. The van der Waals surface area contributed by atoms with Crippen LogP contribution in [0.5, 0.6) is 11.5 Å². The second-order valence-corrected chi connectivity index (χ2v) is 4.53. The van der Waals surface area contributed by atoms with Crippen LogP contribution in [0.4, 0.5) is 0 Å². The van der Waals surface area contributed by atoms with Gasteiger partial charge in [0.15, 0.2) is 11.4 Å². The van der Waals surface area contributed by atoms with Crippen LogP contribution in [0.15, 0.2) is 30.3 Å². The van der Waals surface area contributed by atoms with E-state index in [4.69, 9.17) is 4.74 Å². The Morgan fingerprint density at radius 1 is 1.45 bits per heavy atom. The van der Waals surface area contributed by atoms with Crippen molar-refractivity contribution in [2.24, 2.45) is 0 Å². The van der Waals surface area contributed by atoms with Crippen LogP contribution >= 0.6 is 0 Å². The number of nitrogens with one attached hydrogen (secondary N) is 2. The first-order chi connectivity index (χ1) is 9.58. The van der Waals surface area contributed by atoms with E-state index in [1.54, 1.807) is 6.92 Å². The Bertz CT molecular complexity index is 581. The van der Waals surface area contributed by atoms with Gasteiger partial charge in [0.05, 0.1) is 6.04 Å². The van der Waals surface area contributed by atoms with Crippen LogP contribution in [0.2, 0.25) is 0 Å². The van der Waals surface area contributed by atoms with E-state index >= 15 is 0 Å². The van der Waals surface area contributed by atoms with E-state index < -0.39 is 5.91 Å². The molecule has 1 amide bonds. The molecule has 0 aliphatic carbocycles. The van der Waals surface area contributed by atoms with Crippen LogP contribution < -0.4 is 10.1 Å². The average Bonchev–Trinajstić information content (AvgIpc) is 2.78. The summed E-state index contributed by atoms with van der Waals surface area (Å²) in [5.41, 5.74) is 0.456. The zero-order valence-electron chi connectivity index (χ0n) is 11.4. The van der Waals surface area contributed by atoms with Crippen LogP contribution in [0.1, 0.15) is 23.1 Å². The van der Waals surface area contributed by atoms with Gasteiger partial charge in [0, 0.05) is 0 Å². The van der Waals surface area contributed by atoms with Gasteiger partial charge in [-0.3, -0.25) is 9.89 Å². The van der Waals surface area contributed by atoms with Gasteiger partial charge in [-0.25, -0.2) is 0 Å². The third-order valence-electron chi connectivity index (χ3n) is 2.76. The maximum absolute atomic E-state index is 11.9. The highest BCUT2D eigenvalue weighted by molar-refractivity contribution is 5.95. The molecule has 6 nitrogen and oxygen atoms in total. The minimum Gasteiger partial charge on any atom is -0.504 e. The van der Waals surface area contributed by atoms with Crippen molar-refractivity contribution in [1.82, 2.24) is 15.5 Å². The largest absolute Gasteiger partial charge is 0.504 e. The molecule has 0 aliphatic rings. The monoisotopic (exact) mass is 275 g/mol. The highest BCUT2D eigenvalue weighted by atomic mass is 16.5. The lowest BCUT2D eigenvalue weighted by atomic mass is 10.3. The lowest BCUT2D eigenvalue weighted by Gasteiger charge is -2.14. The summed E-state index contributed by atoms with van der Waals surface area (Å²) in [7, 11) is 0. The fraction of sp³-hybridized carbons (Fsp3) is 0.286. The van der Waals surface area contributed by atoms with Gasteiger partial charge in [-0.1, -0.05) is 18.2 Å². The molecular weight excluding hydrogens is 258 g/mol. The van der Waals surface area contributed by atoms with Gasteiger partial charge < -0.3 is 15.2 Å². The molecule has 1 heterocycles. The molecule has 1 unspecified atom stereocenters. The van der Waals surface area contributed by atoms with E-state index in [1.807, 2.05) is 37.3 Å². The Balaban J connectivity index is 1.87. The second-order valence-electron chi connectivity index (χ2n) is 4.53. The summed E-state index contributed by atoms with van der Waals surface area (Å²) in [6.45, 7) is 3.77. The summed E-state index contributed by atoms with van der Waals surface area (Å²) in [6, 6.07) is 9.15. The van der Waals surface area contributed by atoms with Gasteiger partial charge in [0.1, 0.15) is 18.1 Å². The average molecular weight is 275 g/mol. The normalized spacial score (nSPS) is 11.9. The lowest BCUT2D eigenvalue weighted by Crippen LogP contribution is -2.37. The molecule has 20 heavy (non-hydrogen) atoms. The third kappa shape index (κ3) is 3.28. The topological polar surface area (TPSA) is 87.2 Å². The number of amides is 1. The van der Waals surface area contributed by atoms with Gasteiger partial charge >= 0.3 is 0 Å². The first-order valence-corrected chi connectivity index (χ1v) is 6.30. The van der Waals surface area contributed by atoms with Gasteiger partial charge in [0.25, 0.3) is 5.91 Å². The molecule has 0 aliphatic heterocycles. The number of aromatic nitrogens is 2. The number of benzene rings is 1. The highest BCUT2D eigenvalue weighted by Crippen LogP contribution is 2.17. The fourth-order valence-electron chi connectivity index (χ4n) is 1.66. The zero-order valence-corrected chi connectivity index (χ0v) is 11.4. The van der Waals surface area contributed by atoms with Crippen molar-refractivity contribution in [3.63, 3.8) is 0 Å². The summed E-state index contributed by atoms with van der Waals surface area (Å²) in [5.74, 6) is 0.208. The Hall–Kier alpha value is -2.50. The molecule has 0 saturated heterocycles. The number of H-pyrrole nitrogens is 1. The number of aromatic hydroxyl groups is 1. The molecule has 1 atom stereocenters. The number of aromatic amines is 1. The van der Waals surface area contributed by atoms with Gasteiger partial charge in [-0.05, 0) is 26.0 Å². The van der Waals surface area contributed by atoms with E-state index in [1.165, 1.54) is 0 Å². The molecule has 1 aromatic carbocycles. The van der Waals surface area contributed by atoms with Crippen molar-refractivity contribution in [2.45, 2.75) is 19.9 Å². The number of carbonyl (C=O) groups excluding carboxylic acids is 1. The van der Waals surface area contributed by atoms with Gasteiger partial charge in [-0.2, -0.15) is 5.10 Å². The summed E-state index contributed by atoms with van der Waals surface area (Å²) in [4.78, 5) is 11.9. The summed E-state index contributed by atoms with van der Waals surface area (Å²) in [6.07, 6.45) is 0. The van der Waals surface area contributed by atoms with Crippen molar-refractivity contribution in [3.05, 3.63) is 41.7 Å². The van der Waals surface area contributed by atoms with Crippen LogP contribution in [-0.2, 0) is 0 Å². The number of nitrogens with zero attached hydrogens (tertiary/aromatic N) is 1. The quantitative estimate of drug-likeness (QED) is 0.773. The maximum Gasteiger partial charge on any atom is 0.273 e. The Kier molecular flexibility index (Phi) is 4.24. The number of para-hydroxylation sites is 1. The van der Waals surface area contributed by atoms with Gasteiger partial charge in [-0.15, -0.1) is 0 Å². The minimum absolute atomic E-state index is 0.0639. The summed E-state index contributed by atoms with van der Waals surface area (Å²) >= 11 is 0. The van der Waals surface area contributed by atoms with E-state index in [0.29, 0.717) is 12.3 Å². The number of hydrogen-bond donors (Lipinski definition) is 3. The van der Waals surface area contributed by atoms with Crippen LogP contribution in [0, 0.1) is 6.92 Å².